The number of rotatable bonds is 3. The lowest BCUT2D eigenvalue weighted by molar-refractivity contribution is -0.140. The van der Waals surface area contributed by atoms with Gasteiger partial charge in [-0.1, -0.05) is 12.8 Å². The summed E-state index contributed by atoms with van der Waals surface area (Å²) in [5, 5.41) is 5.53. The number of ether oxygens (including phenoxy) is 1. The fourth-order valence-corrected chi connectivity index (χ4v) is 2.99. The lowest BCUT2D eigenvalue weighted by Gasteiger charge is -2.31. The second-order valence-corrected chi connectivity index (χ2v) is 5.89. The summed E-state index contributed by atoms with van der Waals surface area (Å²) in [4.78, 5) is 36.9. The summed E-state index contributed by atoms with van der Waals surface area (Å²) in [5.74, 6) is -1.11. The minimum absolute atomic E-state index is 0.0625. The van der Waals surface area contributed by atoms with Gasteiger partial charge in [-0.25, -0.2) is 4.79 Å². The molecule has 0 unspecified atom stereocenters. The summed E-state index contributed by atoms with van der Waals surface area (Å²) in [6.07, 6.45) is 5.10. The zero-order valence-corrected chi connectivity index (χ0v) is 13.1. The van der Waals surface area contributed by atoms with Crippen LogP contribution >= 0.6 is 0 Å². The van der Waals surface area contributed by atoms with E-state index in [1.807, 2.05) is 0 Å². The Morgan fingerprint density at radius 2 is 1.45 bits per heavy atom. The van der Waals surface area contributed by atoms with Crippen molar-refractivity contribution < 1.29 is 19.1 Å². The number of amides is 3. The number of nitrogens with one attached hydrogen (secondary N) is 2. The van der Waals surface area contributed by atoms with E-state index in [2.05, 4.69) is 10.6 Å². The number of likely N-dealkylation sites (tertiary alicyclic amines) is 1. The molecule has 7 heteroatoms. The van der Waals surface area contributed by atoms with Crippen LogP contribution in [0.1, 0.15) is 45.4 Å². The number of carbonyl (C=O) groups excluding carboxylic acids is 3. The molecule has 1 heterocycles. The normalized spacial score (nSPS) is 19.8. The largest absolute Gasteiger partial charge is 0.450 e. The van der Waals surface area contributed by atoms with E-state index in [0.717, 1.165) is 25.7 Å². The molecule has 7 nitrogen and oxygen atoms in total. The predicted molar refractivity (Wildman–Crippen MR) is 80.2 cm³/mol. The Morgan fingerprint density at radius 1 is 0.955 bits per heavy atom. The van der Waals surface area contributed by atoms with Gasteiger partial charge >= 0.3 is 17.9 Å². The van der Waals surface area contributed by atoms with Crippen molar-refractivity contribution in [1.29, 1.82) is 0 Å². The maximum atomic E-state index is 11.9. The highest BCUT2D eigenvalue weighted by Gasteiger charge is 2.27. The van der Waals surface area contributed by atoms with Crippen molar-refractivity contribution in [3.63, 3.8) is 0 Å². The molecule has 0 atom stereocenters. The van der Waals surface area contributed by atoms with E-state index in [1.54, 1.807) is 11.8 Å². The molecule has 2 fully saturated rings. The van der Waals surface area contributed by atoms with E-state index in [1.165, 1.54) is 0 Å². The molecule has 2 N–H and O–H groups in total. The van der Waals surface area contributed by atoms with Gasteiger partial charge in [-0.3, -0.25) is 9.59 Å². The number of hydrogen-bond donors (Lipinski definition) is 2. The van der Waals surface area contributed by atoms with E-state index >= 15 is 0 Å². The molecule has 124 valence electrons. The van der Waals surface area contributed by atoms with Crippen LogP contribution in [-0.2, 0) is 14.3 Å². The molecular formula is C15H25N3O4. The Hall–Kier alpha value is -1.79. The van der Waals surface area contributed by atoms with Crippen molar-refractivity contribution in [3.8, 4) is 0 Å². The van der Waals surface area contributed by atoms with Gasteiger partial charge in [0.2, 0.25) is 0 Å². The van der Waals surface area contributed by atoms with E-state index < -0.39 is 11.8 Å². The molecule has 2 rings (SSSR count). The van der Waals surface area contributed by atoms with Crippen LogP contribution in [0.4, 0.5) is 4.79 Å². The minimum Gasteiger partial charge on any atom is -0.450 e. The zero-order valence-electron chi connectivity index (χ0n) is 13.1. The Balaban J connectivity index is 1.69. The van der Waals surface area contributed by atoms with Crippen LogP contribution in [0.3, 0.4) is 0 Å². The highest BCUT2D eigenvalue weighted by atomic mass is 16.6. The van der Waals surface area contributed by atoms with Gasteiger partial charge in [0.05, 0.1) is 6.61 Å². The molecule has 0 radical (unpaired) electrons. The highest BCUT2D eigenvalue weighted by molar-refractivity contribution is 6.35. The third kappa shape index (κ3) is 4.61. The fourth-order valence-electron chi connectivity index (χ4n) is 2.99. The van der Waals surface area contributed by atoms with E-state index in [4.69, 9.17) is 4.74 Å². The molecule has 0 spiro atoms. The van der Waals surface area contributed by atoms with Gasteiger partial charge in [0.25, 0.3) is 0 Å². The lowest BCUT2D eigenvalue weighted by atomic mass is 10.1. The van der Waals surface area contributed by atoms with E-state index in [0.29, 0.717) is 32.5 Å². The van der Waals surface area contributed by atoms with Crippen LogP contribution in [0.5, 0.6) is 0 Å². The van der Waals surface area contributed by atoms with Crippen LogP contribution < -0.4 is 10.6 Å². The summed E-state index contributed by atoms with van der Waals surface area (Å²) >= 11 is 0. The van der Waals surface area contributed by atoms with Crippen molar-refractivity contribution in [2.75, 3.05) is 19.7 Å². The Bertz CT molecular complexity index is 413. The first kappa shape index (κ1) is 16.6. The number of piperidine rings is 1. The molecule has 0 aromatic rings. The standard InChI is InChI=1S/C15H25N3O4/c1-2-22-15(21)18-9-7-12(8-10-18)17-14(20)13(19)16-11-5-3-4-6-11/h11-12H,2-10H2,1H3,(H,16,19)(H,17,20). The first-order chi connectivity index (χ1) is 10.6. The van der Waals surface area contributed by atoms with Crippen molar-refractivity contribution in [2.45, 2.75) is 57.5 Å². The summed E-state index contributed by atoms with van der Waals surface area (Å²) in [7, 11) is 0. The summed E-state index contributed by atoms with van der Waals surface area (Å²) in [6.45, 7) is 3.20. The number of carbonyl (C=O) groups is 3. The third-order valence-electron chi connectivity index (χ3n) is 4.25. The Kier molecular flexibility index (Phi) is 6.03. The smallest absolute Gasteiger partial charge is 0.409 e. The highest BCUT2D eigenvalue weighted by Crippen LogP contribution is 2.17. The third-order valence-corrected chi connectivity index (χ3v) is 4.25. The summed E-state index contributed by atoms with van der Waals surface area (Å²) in [6, 6.07) is 0.0800. The lowest BCUT2D eigenvalue weighted by Crippen LogP contribution is -2.51. The van der Waals surface area contributed by atoms with E-state index in [9.17, 15) is 14.4 Å². The summed E-state index contributed by atoms with van der Waals surface area (Å²) in [5.41, 5.74) is 0. The van der Waals surface area contributed by atoms with Gasteiger partial charge in [0.15, 0.2) is 0 Å². The Labute approximate surface area is 130 Å². The molecule has 1 aliphatic carbocycles. The zero-order chi connectivity index (χ0) is 15.9. The SMILES string of the molecule is CCOC(=O)N1CCC(NC(=O)C(=O)NC2CCCC2)CC1. The molecule has 0 bridgehead atoms. The molecule has 1 aliphatic heterocycles. The fraction of sp³-hybridized carbons (Fsp3) is 0.800. The van der Waals surface area contributed by atoms with Crippen LogP contribution in [-0.4, -0.2) is 54.6 Å². The topological polar surface area (TPSA) is 87.7 Å². The molecule has 1 saturated carbocycles. The molecule has 0 aromatic heterocycles. The van der Waals surface area contributed by atoms with Gasteiger partial charge in [0, 0.05) is 25.2 Å². The van der Waals surface area contributed by atoms with Gasteiger partial charge in [-0.2, -0.15) is 0 Å². The molecule has 2 aliphatic rings. The quantitative estimate of drug-likeness (QED) is 0.754. The maximum absolute atomic E-state index is 11.9. The van der Waals surface area contributed by atoms with Crippen molar-refractivity contribution in [3.05, 3.63) is 0 Å². The van der Waals surface area contributed by atoms with Crippen molar-refractivity contribution in [2.24, 2.45) is 0 Å². The minimum atomic E-state index is -0.568. The van der Waals surface area contributed by atoms with Gasteiger partial charge in [0.1, 0.15) is 0 Å². The van der Waals surface area contributed by atoms with Crippen LogP contribution in [0.15, 0.2) is 0 Å². The van der Waals surface area contributed by atoms with E-state index in [-0.39, 0.29) is 18.2 Å². The average molecular weight is 311 g/mol. The van der Waals surface area contributed by atoms with Gasteiger partial charge in [-0.15, -0.1) is 0 Å². The molecule has 22 heavy (non-hydrogen) atoms. The average Bonchev–Trinajstić information content (AvgIpc) is 3.01. The first-order valence-electron chi connectivity index (χ1n) is 8.13. The van der Waals surface area contributed by atoms with Crippen LogP contribution in [0, 0.1) is 0 Å². The molecule has 3 amide bonds. The summed E-state index contributed by atoms with van der Waals surface area (Å²) < 4.78 is 4.95. The van der Waals surface area contributed by atoms with Gasteiger partial charge < -0.3 is 20.3 Å². The second-order valence-electron chi connectivity index (χ2n) is 5.89. The molecule has 1 saturated heterocycles. The maximum Gasteiger partial charge on any atom is 0.409 e. The second kappa shape index (κ2) is 8.00. The number of nitrogens with zero attached hydrogens (tertiary/aromatic N) is 1. The van der Waals surface area contributed by atoms with Crippen molar-refractivity contribution in [1.82, 2.24) is 15.5 Å². The van der Waals surface area contributed by atoms with Crippen LogP contribution in [0.25, 0.3) is 0 Å². The molecule has 0 aromatic carbocycles. The van der Waals surface area contributed by atoms with Crippen LogP contribution in [0.2, 0.25) is 0 Å². The molecular weight excluding hydrogens is 286 g/mol. The van der Waals surface area contributed by atoms with Crippen molar-refractivity contribution >= 4 is 17.9 Å². The first-order valence-corrected chi connectivity index (χ1v) is 8.13. The predicted octanol–water partition coefficient (Wildman–Crippen LogP) is 0.782. The Morgan fingerprint density at radius 3 is 1.95 bits per heavy atom. The monoisotopic (exact) mass is 311 g/mol. The number of hydrogen-bond acceptors (Lipinski definition) is 4. The van der Waals surface area contributed by atoms with Gasteiger partial charge in [-0.05, 0) is 32.6 Å².